The molecule has 1 atom stereocenters. The Balaban J connectivity index is 1.72. The van der Waals surface area contributed by atoms with Crippen molar-refractivity contribution in [1.82, 2.24) is 4.98 Å². The maximum absolute atomic E-state index is 6.50. The molecule has 1 aliphatic heterocycles. The molecule has 0 aliphatic carbocycles. The highest BCUT2D eigenvalue weighted by molar-refractivity contribution is 6.41. The van der Waals surface area contributed by atoms with Crippen LogP contribution in [-0.2, 0) is 4.74 Å². The molecule has 1 saturated heterocycles. The van der Waals surface area contributed by atoms with Crippen molar-refractivity contribution in [2.45, 2.75) is 18.9 Å². The van der Waals surface area contributed by atoms with E-state index in [-0.39, 0.29) is 6.04 Å². The molecule has 1 aromatic carbocycles. The third kappa shape index (κ3) is 3.60. The van der Waals surface area contributed by atoms with Gasteiger partial charge in [0.05, 0.1) is 48.7 Å². The summed E-state index contributed by atoms with van der Waals surface area (Å²) in [6.07, 6.45) is 3.79. The van der Waals surface area contributed by atoms with Crippen molar-refractivity contribution in [3.63, 3.8) is 0 Å². The molecule has 148 valence electrons. The third-order valence-electron chi connectivity index (χ3n) is 4.74. The quantitative estimate of drug-likeness (QED) is 0.592. The van der Waals surface area contributed by atoms with Crippen LogP contribution in [0.3, 0.4) is 0 Å². The minimum Gasteiger partial charge on any atom is -0.495 e. The van der Waals surface area contributed by atoms with Gasteiger partial charge in [0.25, 0.3) is 0 Å². The second-order valence-electron chi connectivity index (χ2n) is 6.56. The van der Waals surface area contributed by atoms with Crippen LogP contribution in [0.1, 0.15) is 12.8 Å². The maximum Gasteiger partial charge on any atom is 0.153 e. The maximum atomic E-state index is 6.50. The van der Waals surface area contributed by atoms with Crippen LogP contribution in [0.25, 0.3) is 22.3 Å². The molecule has 1 aliphatic rings. The fourth-order valence-corrected chi connectivity index (χ4v) is 4.00. The van der Waals surface area contributed by atoms with Gasteiger partial charge in [-0.25, -0.2) is 4.98 Å². The molecule has 1 fully saturated rings. The summed E-state index contributed by atoms with van der Waals surface area (Å²) in [5.74, 6) is 2.20. The normalized spacial score (nSPS) is 16.9. The Kier molecular flexibility index (Phi) is 5.53. The van der Waals surface area contributed by atoms with Crippen LogP contribution in [0.2, 0.25) is 10.0 Å². The zero-order valence-corrected chi connectivity index (χ0v) is 17.1. The summed E-state index contributed by atoms with van der Waals surface area (Å²) in [5, 5.41) is 5.02. The monoisotopic (exact) mass is 422 g/mol. The molecule has 0 spiro atoms. The zero-order valence-electron chi connectivity index (χ0n) is 15.6. The average Bonchev–Trinajstić information content (AvgIpc) is 3.12. The summed E-state index contributed by atoms with van der Waals surface area (Å²) >= 11 is 13.0. The Hall–Kier alpha value is -2.15. The lowest BCUT2D eigenvalue weighted by Gasteiger charge is -2.23. The van der Waals surface area contributed by atoms with E-state index >= 15 is 0 Å². The Morgan fingerprint density at radius 3 is 2.50 bits per heavy atom. The van der Waals surface area contributed by atoms with Crippen molar-refractivity contribution < 1.29 is 18.6 Å². The first-order valence-electron chi connectivity index (χ1n) is 8.95. The van der Waals surface area contributed by atoms with Crippen LogP contribution in [0.5, 0.6) is 11.5 Å². The summed E-state index contributed by atoms with van der Waals surface area (Å²) in [6.45, 7) is 1.51. The molecule has 0 radical (unpaired) electrons. The van der Waals surface area contributed by atoms with Crippen LogP contribution >= 0.6 is 23.2 Å². The number of hydrogen-bond donors (Lipinski definition) is 1. The predicted molar refractivity (Wildman–Crippen MR) is 110 cm³/mol. The SMILES string of the molecule is COc1cc(OC)c(Cl)c(-c2cc3cc(N[C@H]4CCCOC4)ncc3o2)c1Cl. The molecule has 1 N–H and O–H groups in total. The summed E-state index contributed by atoms with van der Waals surface area (Å²) in [7, 11) is 3.07. The molecule has 0 bridgehead atoms. The largest absolute Gasteiger partial charge is 0.495 e. The van der Waals surface area contributed by atoms with Gasteiger partial charge in [-0.15, -0.1) is 0 Å². The molecule has 0 amide bonds. The topological polar surface area (TPSA) is 65.8 Å². The molecule has 28 heavy (non-hydrogen) atoms. The van der Waals surface area contributed by atoms with E-state index in [1.807, 2.05) is 12.1 Å². The first kappa shape index (κ1) is 19.2. The fraction of sp³-hybridized carbons (Fsp3) is 0.350. The third-order valence-corrected chi connectivity index (χ3v) is 5.49. The van der Waals surface area contributed by atoms with E-state index < -0.39 is 0 Å². The smallest absolute Gasteiger partial charge is 0.153 e. The van der Waals surface area contributed by atoms with Gasteiger partial charge in [-0.2, -0.15) is 0 Å². The Bertz CT molecular complexity index is 971. The lowest BCUT2D eigenvalue weighted by atomic mass is 10.1. The van der Waals surface area contributed by atoms with Crippen LogP contribution in [0.4, 0.5) is 5.82 Å². The Labute approximate surface area is 172 Å². The number of nitrogens with one attached hydrogen (secondary N) is 1. The Morgan fingerprint density at radius 2 is 1.86 bits per heavy atom. The standard InChI is InChI=1S/C20H20Cl2N2O4/c1-25-14-8-15(26-2)20(22)18(19(14)21)13-6-11-7-17(23-9-16(11)28-13)24-12-4-3-5-27-10-12/h6-9,12H,3-5,10H2,1-2H3,(H,23,24)/t12-/m0/s1. The Morgan fingerprint density at radius 1 is 1.11 bits per heavy atom. The molecule has 2 aromatic heterocycles. The lowest BCUT2D eigenvalue weighted by molar-refractivity contribution is 0.0875. The minimum absolute atomic E-state index is 0.261. The number of pyridine rings is 1. The number of benzene rings is 1. The molecular formula is C20H20Cl2N2O4. The van der Waals surface area contributed by atoms with E-state index in [4.69, 9.17) is 41.8 Å². The number of hydrogen-bond acceptors (Lipinski definition) is 6. The zero-order chi connectivity index (χ0) is 19.7. The van der Waals surface area contributed by atoms with Gasteiger partial charge >= 0.3 is 0 Å². The van der Waals surface area contributed by atoms with E-state index in [9.17, 15) is 0 Å². The van der Waals surface area contributed by atoms with Gasteiger partial charge in [0.2, 0.25) is 0 Å². The number of methoxy groups -OCH3 is 2. The van der Waals surface area contributed by atoms with E-state index in [0.29, 0.717) is 45.1 Å². The highest BCUT2D eigenvalue weighted by Gasteiger charge is 2.22. The number of fused-ring (bicyclic) bond motifs is 1. The van der Waals surface area contributed by atoms with Gasteiger partial charge in [-0.3, -0.25) is 0 Å². The van der Waals surface area contributed by atoms with Crippen molar-refractivity contribution >= 4 is 40.0 Å². The molecular weight excluding hydrogens is 403 g/mol. The van der Waals surface area contributed by atoms with Gasteiger partial charge in [0.15, 0.2) is 5.58 Å². The van der Waals surface area contributed by atoms with Crippen molar-refractivity contribution in [1.29, 1.82) is 0 Å². The molecule has 0 saturated carbocycles. The summed E-state index contributed by atoms with van der Waals surface area (Å²) < 4.78 is 22.1. The van der Waals surface area contributed by atoms with E-state index in [1.165, 1.54) is 14.2 Å². The highest BCUT2D eigenvalue weighted by Crippen LogP contribution is 2.47. The molecule has 3 aromatic rings. The van der Waals surface area contributed by atoms with E-state index in [1.54, 1.807) is 12.3 Å². The van der Waals surface area contributed by atoms with Crippen LogP contribution in [0.15, 0.2) is 28.8 Å². The van der Waals surface area contributed by atoms with Crippen molar-refractivity contribution in [3.05, 3.63) is 34.4 Å². The number of aromatic nitrogens is 1. The molecule has 6 nitrogen and oxygen atoms in total. The van der Waals surface area contributed by atoms with Gasteiger partial charge in [0, 0.05) is 18.1 Å². The fourth-order valence-electron chi connectivity index (χ4n) is 3.31. The van der Waals surface area contributed by atoms with Crippen molar-refractivity contribution in [2.75, 3.05) is 32.8 Å². The number of ether oxygens (including phenoxy) is 3. The van der Waals surface area contributed by atoms with Gasteiger partial charge in [-0.1, -0.05) is 23.2 Å². The van der Waals surface area contributed by atoms with Crippen molar-refractivity contribution in [3.8, 4) is 22.8 Å². The van der Waals surface area contributed by atoms with Gasteiger partial charge < -0.3 is 23.9 Å². The molecule has 0 unspecified atom stereocenters. The van der Waals surface area contributed by atoms with Gasteiger partial charge in [0.1, 0.15) is 23.1 Å². The lowest BCUT2D eigenvalue weighted by Crippen LogP contribution is -2.30. The first-order valence-corrected chi connectivity index (χ1v) is 9.70. The second kappa shape index (κ2) is 8.07. The number of rotatable bonds is 5. The number of anilines is 1. The first-order chi connectivity index (χ1) is 13.6. The van der Waals surface area contributed by atoms with Crippen LogP contribution in [0, 0.1) is 0 Å². The number of nitrogens with zero attached hydrogens (tertiary/aromatic N) is 1. The van der Waals surface area contributed by atoms with Gasteiger partial charge in [-0.05, 0) is 25.0 Å². The average molecular weight is 423 g/mol. The predicted octanol–water partition coefficient (Wildman–Crippen LogP) is 5.41. The highest BCUT2D eigenvalue weighted by atomic mass is 35.5. The summed E-state index contributed by atoms with van der Waals surface area (Å²) in [4.78, 5) is 4.44. The minimum atomic E-state index is 0.261. The van der Waals surface area contributed by atoms with Crippen LogP contribution in [-0.4, -0.2) is 38.5 Å². The number of halogens is 2. The summed E-state index contributed by atoms with van der Waals surface area (Å²) in [6, 6.07) is 5.73. The second-order valence-corrected chi connectivity index (χ2v) is 7.32. The van der Waals surface area contributed by atoms with Crippen LogP contribution < -0.4 is 14.8 Å². The molecule has 8 heteroatoms. The molecule has 3 heterocycles. The number of furan rings is 1. The van der Waals surface area contributed by atoms with Crippen molar-refractivity contribution in [2.24, 2.45) is 0 Å². The van der Waals surface area contributed by atoms with E-state index in [0.717, 1.165) is 30.7 Å². The molecule has 4 rings (SSSR count). The summed E-state index contributed by atoms with van der Waals surface area (Å²) in [5.41, 5.74) is 1.15. The van der Waals surface area contributed by atoms with E-state index in [2.05, 4.69) is 10.3 Å².